The van der Waals surface area contributed by atoms with E-state index in [1.54, 1.807) is 12.3 Å². The van der Waals surface area contributed by atoms with Crippen LogP contribution >= 0.6 is 0 Å². The van der Waals surface area contributed by atoms with Crippen LogP contribution in [0.1, 0.15) is 22.5 Å². The van der Waals surface area contributed by atoms with Crippen LogP contribution in [0.15, 0.2) is 48.7 Å². The molecule has 0 atom stereocenters. The van der Waals surface area contributed by atoms with Crippen LogP contribution in [-0.4, -0.2) is 49.5 Å². The Kier molecular flexibility index (Phi) is 7.23. The van der Waals surface area contributed by atoms with Gasteiger partial charge in [-0.3, -0.25) is 9.78 Å². The lowest BCUT2D eigenvalue weighted by Gasteiger charge is -2.11. The zero-order chi connectivity index (χ0) is 17.2. The van der Waals surface area contributed by atoms with Crippen LogP contribution in [0.2, 0.25) is 0 Å². The summed E-state index contributed by atoms with van der Waals surface area (Å²) in [6.07, 6.45) is 3.74. The maximum absolute atomic E-state index is 12.1. The summed E-state index contributed by atoms with van der Waals surface area (Å²) in [4.78, 5) is 18.2. The number of nitrogens with one attached hydrogen (secondary N) is 2. The standard InChI is InChI=1S/C19H26N4O/c1-23(2)14-13-22-19(24)18-15-17(10-12-21-18)20-11-6-9-16-7-4-3-5-8-16/h3-5,7-8,10,12,15H,6,9,11,13-14H2,1-2H3,(H,20,21)(H,22,24). The third-order valence-electron chi connectivity index (χ3n) is 3.65. The number of anilines is 1. The van der Waals surface area contributed by atoms with Crippen molar-refractivity contribution in [3.05, 3.63) is 59.9 Å². The Balaban J connectivity index is 1.76. The van der Waals surface area contributed by atoms with Crippen LogP contribution in [0, 0.1) is 0 Å². The first kappa shape index (κ1) is 17.9. The van der Waals surface area contributed by atoms with Gasteiger partial charge in [-0.15, -0.1) is 0 Å². The van der Waals surface area contributed by atoms with E-state index in [0.717, 1.165) is 31.6 Å². The minimum absolute atomic E-state index is 0.134. The number of carbonyl (C=O) groups excluding carboxylic acids is 1. The van der Waals surface area contributed by atoms with Gasteiger partial charge in [0.15, 0.2) is 0 Å². The van der Waals surface area contributed by atoms with E-state index >= 15 is 0 Å². The van der Waals surface area contributed by atoms with Crippen LogP contribution < -0.4 is 10.6 Å². The lowest BCUT2D eigenvalue weighted by atomic mass is 10.1. The Hall–Kier alpha value is -2.40. The number of carbonyl (C=O) groups is 1. The minimum Gasteiger partial charge on any atom is -0.385 e. The largest absolute Gasteiger partial charge is 0.385 e. The molecule has 1 heterocycles. The number of nitrogens with zero attached hydrogens (tertiary/aromatic N) is 2. The Morgan fingerprint density at radius 2 is 1.92 bits per heavy atom. The molecule has 5 nitrogen and oxygen atoms in total. The topological polar surface area (TPSA) is 57.3 Å². The van der Waals surface area contributed by atoms with Gasteiger partial charge in [0.05, 0.1) is 0 Å². The van der Waals surface area contributed by atoms with Crippen molar-refractivity contribution in [1.82, 2.24) is 15.2 Å². The lowest BCUT2D eigenvalue weighted by Crippen LogP contribution is -2.31. The molecule has 0 radical (unpaired) electrons. The Morgan fingerprint density at radius 1 is 1.12 bits per heavy atom. The number of aryl methyl sites for hydroxylation is 1. The van der Waals surface area contributed by atoms with Gasteiger partial charge in [0.1, 0.15) is 5.69 Å². The normalized spacial score (nSPS) is 10.6. The molecular weight excluding hydrogens is 300 g/mol. The molecule has 1 aromatic carbocycles. The van der Waals surface area contributed by atoms with E-state index in [9.17, 15) is 4.79 Å². The molecule has 0 fully saturated rings. The van der Waals surface area contributed by atoms with Gasteiger partial charge < -0.3 is 15.5 Å². The first-order chi connectivity index (χ1) is 11.6. The van der Waals surface area contributed by atoms with Crippen molar-refractivity contribution in [3.8, 4) is 0 Å². The van der Waals surface area contributed by atoms with Gasteiger partial charge in [-0.1, -0.05) is 30.3 Å². The summed E-state index contributed by atoms with van der Waals surface area (Å²) in [5, 5.41) is 6.23. The molecule has 0 unspecified atom stereocenters. The lowest BCUT2D eigenvalue weighted by molar-refractivity contribution is 0.0946. The van der Waals surface area contributed by atoms with Crippen LogP contribution in [0.5, 0.6) is 0 Å². The van der Waals surface area contributed by atoms with Crippen molar-refractivity contribution in [2.75, 3.05) is 39.0 Å². The molecular formula is C19H26N4O. The zero-order valence-corrected chi connectivity index (χ0v) is 14.5. The molecule has 0 saturated carbocycles. The van der Waals surface area contributed by atoms with E-state index in [0.29, 0.717) is 12.2 Å². The fraction of sp³-hybridized carbons (Fsp3) is 0.368. The Labute approximate surface area is 144 Å². The number of benzene rings is 1. The van der Waals surface area contributed by atoms with E-state index in [1.165, 1.54) is 5.56 Å². The summed E-state index contributed by atoms with van der Waals surface area (Å²) < 4.78 is 0. The van der Waals surface area contributed by atoms with Crippen molar-refractivity contribution in [2.45, 2.75) is 12.8 Å². The van der Waals surface area contributed by atoms with Crippen molar-refractivity contribution in [1.29, 1.82) is 0 Å². The number of likely N-dealkylation sites (N-methyl/N-ethyl adjacent to an activating group) is 1. The first-order valence-corrected chi connectivity index (χ1v) is 8.32. The van der Waals surface area contributed by atoms with Gasteiger partial charge in [0.2, 0.25) is 0 Å². The SMILES string of the molecule is CN(C)CCNC(=O)c1cc(NCCCc2ccccc2)ccn1. The molecule has 0 aliphatic heterocycles. The summed E-state index contributed by atoms with van der Waals surface area (Å²) in [6, 6.07) is 14.1. The van der Waals surface area contributed by atoms with Gasteiger partial charge in [-0.2, -0.15) is 0 Å². The highest BCUT2D eigenvalue weighted by atomic mass is 16.1. The van der Waals surface area contributed by atoms with Crippen molar-refractivity contribution < 1.29 is 4.79 Å². The molecule has 0 spiro atoms. The maximum Gasteiger partial charge on any atom is 0.269 e. The molecule has 2 rings (SSSR count). The van der Waals surface area contributed by atoms with Crippen LogP contribution in [0.25, 0.3) is 0 Å². The molecule has 24 heavy (non-hydrogen) atoms. The third-order valence-corrected chi connectivity index (χ3v) is 3.65. The number of amides is 1. The van der Waals surface area contributed by atoms with Crippen LogP contribution in [-0.2, 0) is 6.42 Å². The number of rotatable bonds is 9. The summed E-state index contributed by atoms with van der Waals surface area (Å²) in [7, 11) is 3.95. The average molecular weight is 326 g/mol. The molecule has 0 aliphatic carbocycles. The molecule has 1 aromatic heterocycles. The number of aromatic nitrogens is 1. The van der Waals surface area contributed by atoms with Crippen LogP contribution in [0.4, 0.5) is 5.69 Å². The van der Waals surface area contributed by atoms with Gasteiger partial charge in [-0.05, 0) is 44.6 Å². The third kappa shape index (κ3) is 6.38. The van der Waals surface area contributed by atoms with Crippen LogP contribution in [0.3, 0.4) is 0 Å². The fourth-order valence-corrected chi connectivity index (χ4v) is 2.32. The second-order valence-corrected chi connectivity index (χ2v) is 6.00. The monoisotopic (exact) mass is 326 g/mol. The molecule has 5 heteroatoms. The Bertz CT molecular complexity index is 628. The number of hydrogen-bond donors (Lipinski definition) is 2. The van der Waals surface area contributed by atoms with E-state index < -0.39 is 0 Å². The second-order valence-electron chi connectivity index (χ2n) is 6.00. The van der Waals surface area contributed by atoms with E-state index in [-0.39, 0.29) is 5.91 Å². The molecule has 2 aromatic rings. The molecule has 0 aliphatic rings. The summed E-state index contributed by atoms with van der Waals surface area (Å²) in [6.45, 7) is 2.28. The summed E-state index contributed by atoms with van der Waals surface area (Å²) >= 11 is 0. The minimum atomic E-state index is -0.134. The fourth-order valence-electron chi connectivity index (χ4n) is 2.32. The van der Waals surface area contributed by atoms with Crippen molar-refractivity contribution >= 4 is 11.6 Å². The van der Waals surface area contributed by atoms with E-state index in [1.807, 2.05) is 31.1 Å². The van der Waals surface area contributed by atoms with Gasteiger partial charge >= 0.3 is 0 Å². The molecule has 128 valence electrons. The highest BCUT2D eigenvalue weighted by molar-refractivity contribution is 5.93. The highest BCUT2D eigenvalue weighted by Crippen LogP contribution is 2.09. The quantitative estimate of drug-likeness (QED) is 0.695. The highest BCUT2D eigenvalue weighted by Gasteiger charge is 2.07. The summed E-state index contributed by atoms with van der Waals surface area (Å²) in [5.74, 6) is -0.134. The van der Waals surface area contributed by atoms with Crippen molar-refractivity contribution in [2.24, 2.45) is 0 Å². The maximum atomic E-state index is 12.1. The number of hydrogen-bond acceptors (Lipinski definition) is 4. The predicted molar refractivity (Wildman–Crippen MR) is 98.4 cm³/mol. The van der Waals surface area contributed by atoms with Gasteiger partial charge in [0.25, 0.3) is 5.91 Å². The smallest absolute Gasteiger partial charge is 0.269 e. The average Bonchev–Trinajstić information content (AvgIpc) is 2.59. The van der Waals surface area contributed by atoms with E-state index in [4.69, 9.17) is 0 Å². The van der Waals surface area contributed by atoms with Gasteiger partial charge in [-0.25, -0.2) is 0 Å². The van der Waals surface area contributed by atoms with E-state index in [2.05, 4.69) is 39.9 Å². The molecule has 2 N–H and O–H groups in total. The van der Waals surface area contributed by atoms with Gasteiger partial charge in [0, 0.05) is 31.5 Å². The second kappa shape index (κ2) is 9.67. The predicted octanol–water partition coefficient (Wildman–Crippen LogP) is 2.42. The van der Waals surface area contributed by atoms with Crippen molar-refractivity contribution in [3.63, 3.8) is 0 Å². The molecule has 0 bridgehead atoms. The summed E-state index contributed by atoms with van der Waals surface area (Å²) in [5.41, 5.74) is 2.72. The molecule has 1 amide bonds. The first-order valence-electron chi connectivity index (χ1n) is 8.32. The number of pyridine rings is 1. The zero-order valence-electron chi connectivity index (χ0n) is 14.5. The Morgan fingerprint density at radius 3 is 2.67 bits per heavy atom. The molecule has 0 saturated heterocycles.